The van der Waals surface area contributed by atoms with Gasteiger partial charge in [0.05, 0.1) is 12.3 Å². The minimum absolute atomic E-state index is 0.0425. The molecule has 0 radical (unpaired) electrons. The Bertz CT molecular complexity index is 565. The fraction of sp³-hybridized carbons (Fsp3) is 0.231. The number of rotatable bonds is 3. The Labute approximate surface area is 102 Å². The van der Waals surface area contributed by atoms with E-state index < -0.39 is 23.5 Å². The van der Waals surface area contributed by atoms with Gasteiger partial charge in [0.2, 0.25) is 0 Å². The molecule has 0 spiro atoms. The Morgan fingerprint density at radius 2 is 1.72 bits per heavy atom. The lowest BCUT2D eigenvalue weighted by Crippen LogP contribution is -2.19. The Kier molecular flexibility index (Phi) is 3.43. The van der Waals surface area contributed by atoms with Crippen LogP contribution in [0.1, 0.15) is 22.9 Å². The van der Waals surface area contributed by atoms with Crippen molar-refractivity contribution in [1.29, 1.82) is 0 Å². The van der Waals surface area contributed by atoms with Crippen molar-refractivity contribution in [2.24, 2.45) is 0 Å². The number of halogens is 3. The molecule has 2 nitrogen and oxygen atoms in total. The fourth-order valence-corrected chi connectivity index (χ4v) is 1.93. The highest BCUT2D eigenvalue weighted by atomic mass is 19.2. The third-order valence-corrected chi connectivity index (χ3v) is 2.85. The molecule has 96 valence electrons. The number of hydrogen-bond acceptors (Lipinski definition) is 2. The maximum Gasteiger partial charge on any atom is 0.161 e. The van der Waals surface area contributed by atoms with Crippen molar-refractivity contribution in [2.75, 3.05) is 7.05 Å². The smallest absolute Gasteiger partial charge is 0.161 e. The van der Waals surface area contributed by atoms with Gasteiger partial charge in [-0.15, -0.1) is 0 Å². The van der Waals surface area contributed by atoms with Crippen LogP contribution < -0.4 is 5.32 Å². The van der Waals surface area contributed by atoms with E-state index in [1.807, 2.05) is 0 Å². The summed E-state index contributed by atoms with van der Waals surface area (Å²) in [6.07, 6.45) is 1.47. The predicted octanol–water partition coefficient (Wildman–Crippen LogP) is 3.31. The summed E-state index contributed by atoms with van der Waals surface area (Å²) in [6.45, 7) is 1.72. The maximum absolute atomic E-state index is 13.7. The summed E-state index contributed by atoms with van der Waals surface area (Å²) >= 11 is 0. The Hall–Kier alpha value is -1.75. The molecule has 0 saturated carbocycles. The molecule has 1 aromatic heterocycles. The number of furan rings is 1. The van der Waals surface area contributed by atoms with E-state index in [9.17, 15) is 13.2 Å². The molecule has 1 unspecified atom stereocenters. The average Bonchev–Trinajstić information content (AvgIpc) is 2.73. The van der Waals surface area contributed by atoms with E-state index in [1.54, 1.807) is 20.0 Å². The molecule has 1 heterocycles. The van der Waals surface area contributed by atoms with Crippen molar-refractivity contribution in [2.45, 2.75) is 13.0 Å². The van der Waals surface area contributed by atoms with Gasteiger partial charge in [-0.1, -0.05) is 0 Å². The molecule has 1 aromatic carbocycles. The Morgan fingerprint density at radius 3 is 2.28 bits per heavy atom. The summed E-state index contributed by atoms with van der Waals surface area (Å²) < 4.78 is 44.9. The van der Waals surface area contributed by atoms with Gasteiger partial charge in [0.15, 0.2) is 11.6 Å². The van der Waals surface area contributed by atoms with E-state index >= 15 is 0 Å². The zero-order valence-corrected chi connectivity index (χ0v) is 9.93. The van der Waals surface area contributed by atoms with Crippen molar-refractivity contribution < 1.29 is 17.6 Å². The van der Waals surface area contributed by atoms with Crippen molar-refractivity contribution in [3.63, 3.8) is 0 Å². The largest absolute Gasteiger partial charge is 0.469 e. The van der Waals surface area contributed by atoms with Crippen LogP contribution >= 0.6 is 0 Å². The van der Waals surface area contributed by atoms with E-state index in [4.69, 9.17) is 4.42 Å². The third-order valence-electron chi connectivity index (χ3n) is 2.85. The van der Waals surface area contributed by atoms with Gasteiger partial charge < -0.3 is 9.73 Å². The number of benzene rings is 1. The van der Waals surface area contributed by atoms with Gasteiger partial charge in [-0.2, -0.15) is 0 Å². The molecule has 18 heavy (non-hydrogen) atoms. The first kappa shape index (κ1) is 12.7. The van der Waals surface area contributed by atoms with Crippen LogP contribution in [-0.2, 0) is 0 Å². The fourth-order valence-electron chi connectivity index (χ4n) is 1.93. The SMILES string of the molecule is CNC(c1cc(F)c(F)cc1F)c1ccoc1C. The lowest BCUT2D eigenvalue weighted by atomic mass is 9.98. The second-order valence-electron chi connectivity index (χ2n) is 3.94. The van der Waals surface area contributed by atoms with Crippen LogP contribution in [0.2, 0.25) is 0 Å². The predicted molar refractivity (Wildman–Crippen MR) is 60.7 cm³/mol. The van der Waals surface area contributed by atoms with Crippen molar-refractivity contribution in [3.8, 4) is 0 Å². The molecule has 0 bridgehead atoms. The van der Waals surface area contributed by atoms with Crippen LogP contribution in [0.15, 0.2) is 28.9 Å². The lowest BCUT2D eigenvalue weighted by molar-refractivity contribution is 0.481. The maximum atomic E-state index is 13.7. The zero-order chi connectivity index (χ0) is 13.3. The average molecular weight is 255 g/mol. The molecule has 2 aromatic rings. The van der Waals surface area contributed by atoms with Crippen molar-refractivity contribution in [3.05, 3.63) is 58.8 Å². The molecule has 2 rings (SSSR count). The van der Waals surface area contributed by atoms with E-state index in [1.165, 1.54) is 6.26 Å². The second kappa shape index (κ2) is 4.86. The van der Waals surface area contributed by atoms with Crippen LogP contribution in [0.4, 0.5) is 13.2 Å². The topological polar surface area (TPSA) is 25.2 Å². The molecule has 0 saturated heterocycles. The first-order valence-corrected chi connectivity index (χ1v) is 5.40. The van der Waals surface area contributed by atoms with Crippen LogP contribution in [-0.4, -0.2) is 7.05 Å². The highest BCUT2D eigenvalue weighted by Crippen LogP contribution is 2.28. The lowest BCUT2D eigenvalue weighted by Gasteiger charge is -2.17. The van der Waals surface area contributed by atoms with Crippen LogP contribution in [0.3, 0.4) is 0 Å². The zero-order valence-electron chi connectivity index (χ0n) is 9.93. The standard InChI is InChI=1S/C13H12F3NO/c1-7-8(3-4-18-7)13(17-2)9-5-11(15)12(16)6-10(9)14/h3-6,13,17H,1-2H3. The minimum atomic E-state index is -1.20. The molecule has 1 atom stereocenters. The first-order valence-electron chi connectivity index (χ1n) is 5.40. The molecule has 0 amide bonds. The van der Waals surface area contributed by atoms with Gasteiger partial charge in [0.1, 0.15) is 11.6 Å². The number of aryl methyl sites for hydroxylation is 1. The Balaban J connectivity index is 2.52. The monoisotopic (exact) mass is 255 g/mol. The summed E-state index contributed by atoms with van der Waals surface area (Å²) in [7, 11) is 1.61. The molecule has 0 aliphatic heterocycles. The minimum Gasteiger partial charge on any atom is -0.469 e. The van der Waals surface area contributed by atoms with Crippen molar-refractivity contribution in [1.82, 2.24) is 5.32 Å². The van der Waals surface area contributed by atoms with E-state index in [2.05, 4.69) is 5.32 Å². The van der Waals surface area contributed by atoms with E-state index in [-0.39, 0.29) is 5.56 Å². The van der Waals surface area contributed by atoms with Crippen molar-refractivity contribution >= 4 is 0 Å². The highest BCUT2D eigenvalue weighted by Gasteiger charge is 2.21. The van der Waals surface area contributed by atoms with E-state index in [0.717, 1.165) is 6.07 Å². The number of nitrogens with one attached hydrogen (secondary N) is 1. The summed E-state index contributed by atoms with van der Waals surface area (Å²) in [5, 5.41) is 2.86. The van der Waals surface area contributed by atoms with Gasteiger partial charge in [0.25, 0.3) is 0 Å². The Morgan fingerprint density at radius 1 is 1.06 bits per heavy atom. The summed E-state index contributed by atoms with van der Waals surface area (Å²) in [6, 6.07) is 2.48. The quantitative estimate of drug-likeness (QED) is 0.851. The first-order chi connectivity index (χ1) is 8.54. The van der Waals surface area contributed by atoms with E-state index in [0.29, 0.717) is 17.4 Å². The highest BCUT2D eigenvalue weighted by molar-refractivity contribution is 5.34. The van der Waals surface area contributed by atoms with Crippen LogP contribution in [0.5, 0.6) is 0 Å². The third kappa shape index (κ3) is 2.13. The molecule has 0 aliphatic rings. The summed E-state index contributed by atoms with van der Waals surface area (Å²) in [5.41, 5.74) is 0.725. The number of hydrogen-bond donors (Lipinski definition) is 1. The normalized spacial score (nSPS) is 12.7. The van der Waals surface area contributed by atoms with Gasteiger partial charge in [-0.3, -0.25) is 0 Å². The second-order valence-corrected chi connectivity index (χ2v) is 3.94. The molecule has 1 N–H and O–H groups in total. The van der Waals surface area contributed by atoms with Gasteiger partial charge >= 0.3 is 0 Å². The summed E-state index contributed by atoms with van der Waals surface area (Å²) in [4.78, 5) is 0. The van der Waals surface area contributed by atoms with Crippen LogP contribution in [0.25, 0.3) is 0 Å². The molecular formula is C13H12F3NO. The van der Waals surface area contributed by atoms with Crippen LogP contribution in [0, 0.1) is 24.4 Å². The van der Waals surface area contributed by atoms with Gasteiger partial charge in [-0.25, -0.2) is 13.2 Å². The van der Waals surface area contributed by atoms with Gasteiger partial charge in [-0.05, 0) is 26.1 Å². The summed E-state index contributed by atoms with van der Waals surface area (Å²) in [5.74, 6) is -2.48. The molecular weight excluding hydrogens is 243 g/mol. The molecule has 0 aliphatic carbocycles. The van der Waals surface area contributed by atoms with Gasteiger partial charge in [0, 0.05) is 17.2 Å². The molecule has 0 fully saturated rings. The molecule has 5 heteroatoms.